The minimum Gasteiger partial charge on any atom is -0.497 e. The molecule has 0 radical (unpaired) electrons. The molecule has 2 aromatic carbocycles. The molecule has 0 bridgehead atoms. The molecule has 4 aromatic rings. The Hall–Kier alpha value is -2.73. The van der Waals surface area contributed by atoms with Crippen LogP contribution in [-0.4, -0.2) is 26.7 Å². The zero-order chi connectivity index (χ0) is 16.0. The molecule has 114 valence electrons. The zero-order valence-corrected chi connectivity index (χ0v) is 12.8. The smallest absolute Gasteiger partial charge is 0.226 e. The fourth-order valence-corrected chi connectivity index (χ4v) is 2.62. The van der Waals surface area contributed by atoms with Crippen LogP contribution in [0.4, 0.5) is 4.39 Å². The van der Waals surface area contributed by atoms with Gasteiger partial charge in [0.25, 0.3) is 0 Å². The SMILES string of the molecule is COc1ccc(-c2nc3c4cc(F)ccc4nc(Cl)n3n2)cc1. The molecule has 2 heterocycles. The summed E-state index contributed by atoms with van der Waals surface area (Å²) in [6.07, 6.45) is 0. The van der Waals surface area contributed by atoms with E-state index in [1.54, 1.807) is 13.2 Å². The molecule has 0 aliphatic carbocycles. The van der Waals surface area contributed by atoms with Gasteiger partial charge in [-0.1, -0.05) is 0 Å². The van der Waals surface area contributed by atoms with E-state index in [0.29, 0.717) is 22.4 Å². The second-order valence-corrected chi connectivity index (χ2v) is 5.28. The summed E-state index contributed by atoms with van der Waals surface area (Å²) < 4.78 is 20.1. The maximum Gasteiger partial charge on any atom is 0.226 e. The Bertz CT molecular complexity index is 1030. The van der Waals surface area contributed by atoms with Crippen LogP contribution < -0.4 is 4.74 Å². The van der Waals surface area contributed by atoms with E-state index in [1.807, 2.05) is 24.3 Å². The molecule has 0 spiro atoms. The third-order valence-corrected chi connectivity index (χ3v) is 3.79. The van der Waals surface area contributed by atoms with Gasteiger partial charge in [0, 0.05) is 10.9 Å². The highest BCUT2D eigenvalue weighted by Crippen LogP contribution is 2.25. The van der Waals surface area contributed by atoms with Gasteiger partial charge in [0.05, 0.1) is 12.6 Å². The van der Waals surface area contributed by atoms with Crippen LogP contribution in [0.2, 0.25) is 5.28 Å². The van der Waals surface area contributed by atoms with Gasteiger partial charge in [0.15, 0.2) is 11.5 Å². The molecule has 23 heavy (non-hydrogen) atoms. The van der Waals surface area contributed by atoms with Crippen LogP contribution in [0.1, 0.15) is 0 Å². The average molecular weight is 329 g/mol. The molecule has 0 saturated heterocycles. The molecule has 2 aromatic heterocycles. The van der Waals surface area contributed by atoms with Crippen molar-refractivity contribution < 1.29 is 9.13 Å². The lowest BCUT2D eigenvalue weighted by atomic mass is 10.2. The number of halogens is 2. The van der Waals surface area contributed by atoms with Gasteiger partial charge in [-0.05, 0) is 54.1 Å². The summed E-state index contributed by atoms with van der Waals surface area (Å²) in [4.78, 5) is 8.71. The molecule has 0 unspecified atom stereocenters. The summed E-state index contributed by atoms with van der Waals surface area (Å²) in [7, 11) is 1.60. The maximum atomic E-state index is 13.5. The fourth-order valence-electron chi connectivity index (χ4n) is 2.41. The molecule has 0 atom stereocenters. The molecule has 0 saturated carbocycles. The maximum absolute atomic E-state index is 13.5. The first kappa shape index (κ1) is 13.9. The van der Waals surface area contributed by atoms with Crippen molar-refractivity contribution in [1.82, 2.24) is 19.6 Å². The Morgan fingerprint density at radius 2 is 1.87 bits per heavy atom. The topological polar surface area (TPSA) is 52.3 Å². The Morgan fingerprint density at radius 3 is 2.61 bits per heavy atom. The fraction of sp³-hybridized carbons (Fsp3) is 0.0625. The second kappa shape index (κ2) is 5.17. The van der Waals surface area contributed by atoms with Crippen molar-refractivity contribution in [1.29, 1.82) is 0 Å². The standard InChI is InChI=1S/C16H10ClFN4O/c1-23-11-5-2-9(3-6-11)14-20-15-12-8-10(18)4-7-13(12)19-16(17)22(15)21-14/h2-8H,1H3. The Kier molecular flexibility index (Phi) is 3.12. The van der Waals surface area contributed by atoms with Crippen LogP contribution in [0.5, 0.6) is 5.75 Å². The van der Waals surface area contributed by atoms with Gasteiger partial charge in [0.1, 0.15) is 11.6 Å². The summed E-state index contributed by atoms with van der Waals surface area (Å²) in [6, 6.07) is 11.6. The molecule has 0 fully saturated rings. The quantitative estimate of drug-likeness (QED) is 0.526. The molecule has 7 heteroatoms. The number of nitrogens with zero attached hydrogens (tertiary/aromatic N) is 4. The van der Waals surface area contributed by atoms with Gasteiger partial charge in [-0.15, -0.1) is 5.10 Å². The molecular weight excluding hydrogens is 319 g/mol. The van der Waals surface area contributed by atoms with E-state index < -0.39 is 0 Å². The number of aromatic nitrogens is 4. The lowest BCUT2D eigenvalue weighted by Crippen LogP contribution is -1.95. The summed E-state index contributed by atoms with van der Waals surface area (Å²) in [5, 5.41) is 5.10. The van der Waals surface area contributed by atoms with Crippen molar-refractivity contribution in [2.45, 2.75) is 0 Å². The first-order chi connectivity index (χ1) is 11.2. The van der Waals surface area contributed by atoms with Crippen LogP contribution >= 0.6 is 11.6 Å². The molecule has 0 aliphatic rings. The Labute approximate surface area is 135 Å². The summed E-state index contributed by atoms with van der Waals surface area (Å²) in [5.74, 6) is 0.857. The van der Waals surface area contributed by atoms with E-state index in [-0.39, 0.29) is 11.1 Å². The largest absolute Gasteiger partial charge is 0.497 e. The van der Waals surface area contributed by atoms with E-state index in [9.17, 15) is 4.39 Å². The third kappa shape index (κ3) is 2.27. The van der Waals surface area contributed by atoms with E-state index >= 15 is 0 Å². The number of hydrogen-bond acceptors (Lipinski definition) is 4. The van der Waals surface area contributed by atoms with Crippen molar-refractivity contribution in [2.24, 2.45) is 0 Å². The highest BCUT2D eigenvalue weighted by Gasteiger charge is 2.14. The molecule has 4 rings (SSSR count). The summed E-state index contributed by atoms with van der Waals surface area (Å²) in [5.41, 5.74) is 1.83. The Morgan fingerprint density at radius 1 is 1.09 bits per heavy atom. The van der Waals surface area contributed by atoms with Crippen molar-refractivity contribution >= 4 is 28.2 Å². The minimum atomic E-state index is -0.363. The number of hydrogen-bond donors (Lipinski definition) is 0. The zero-order valence-electron chi connectivity index (χ0n) is 12.0. The number of methoxy groups -OCH3 is 1. The third-order valence-electron chi connectivity index (χ3n) is 3.54. The van der Waals surface area contributed by atoms with Gasteiger partial charge in [-0.3, -0.25) is 0 Å². The number of ether oxygens (including phenoxy) is 1. The van der Waals surface area contributed by atoms with Crippen LogP contribution in [0.25, 0.3) is 27.9 Å². The van der Waals surface area contributed by atoms with Gasteiger partial charge >= 0.3 is 0 Å². The highest BCUT2D eigenvalue weighted by molar-refractivity contribution is 6.29. The highest BCUT2D eigenvalue weighted by atomic mass is 35.5. The van der Waals surface area contributed by atoms with Gasteiger partial charge < -0.3 is 4.74 Å². The van der Waals surface area contributed by atoms with Crippen molar-refractivity contribution in [2.75, 3.05) is 7.11 Å². The predicted octanol–water partition coefficient (Wildman–Crippen LogP) is 3.75. The van der Waals surface area contributed by atoms with Crippen LogP contribution in [0, 0.1) is 5.82 Å². The van der Waals surface area contributed by atoms with E-state index in [4.69, 9.17) is 16.3 Å². The number of rotatable bonds is 2. The van der Waals surface area contributed by atoms with Gasteiger partial charge in [-0.25, -0.2) is 14.4 Å². The molecule has 0 N–H and O–H groups in total. The predicted molar refractivity (Wildman–Crippen MR) is 85.2 cm³/mol. The molecular formula is C16H10ClFN4O. The monoisotopic (exact) mass is 328 g/mol. The van der Waals surface area contributed by atoms with E-state index in [0.717, 1.165) is 11.3 Å². The second-order valence-electron chi connectivity index (χ2n) is 4.94. The molecule has 0 amide bonds. The normalized spacial score (nSPS) is 11.3. The summed E-state index contributed by atoms with van der Waals surface area (Å²) >= 11 is 6.16. The van der Waals surface area contributed by atoms with Gasteiger partial charge in [0.2, 0.25) is 5.28 Å². The first-order valence-electron chi connectivity index (χ1n) is 6.81. The number of benzene rings is 2. The van der Waals surface area contributed by atoms with Gasteiger partial charge in [-0.2, -0.15) is 4.52 Å². The van der Waals surface area contributed by atoms with Crippen molar-refractivity contribution in [3.05, 3.63) is 53.6 Å². The van der Waals surface area contributed by atoms with E-state index in [1.165, 1.54) is 16.6 Å². The van der Waals surface area contributed by atoms with Crippen molar-refractivity contribution in [3.8, 4) is 17.1 Å². The first-order valence-corrected chi connectivity index (χ1v) is 7.19. The van der Waals surface area contributed by atoms with Crippen LogP contribution in [0.15, 0.2) is 42.5 Å². The molecule has 5 nitrogen and oxygen atoms in total. The number of fused-ring (bicyclic) bond motifs is 3. The Balaban J connectivity index is 1.97. The van der Waals surface area contributed by atoms with E-state index in [2.05, 4.69) is 15.1 Å². The molecule has 0 aliphatic heterocycles. The lowest BCUT2D eigenvalue weighted by Gasteiger charge is -2.00. The average Bonchev–Trinajstić information content (AvgIpc) is 3.02. The van der Waals surface area contributed by atoms with Crippen LogP contribution in [0.3, 0.4) is 0 Å². The van der Waals surface area contributed by atoms with Crippen LogP contribution in [-0.2, 0) is 0 Å². The lowest BCUT2D eigenvalue weighted by molar-refractivity contribution is 0.415. The van der Waals surface area contributed by atoms with Crippen molar-refractivity contribution in [3.63, 3.8) is 0 Å². The minimum absolute atomic E-state index is 0.173. The summed E-state index contributed by atoms with van der Waals surface area (Å²) in [6.45, 7) is 0.